The van der Waals surface area contributed by atoms with Gasteiger partial charge in [-0.2, -0.15) is 5.10 Å². The van der Waals surface area contributed by atoms with Crippen LogP contribution in [0.15, 0.2) is 11.1 Å². The van der Waals surface area contributed by atoms with E-state index >= 15 is 0 Å². The summed E-state index contributed by atoms with van der Waals surface area (Å²) in [4.78, 5) is 16.8. The molecule has 0 saturated carbocycles. The second kappa shape index (κ2) is 5.03. The van der Waals surface area contributed by atoms with Crippen LogP contribution in [0.3, 0.4) is 0 Å². The van der Waals surface area contributed by atoms with E-state index in [1.54, 1.807) is 15.6 Å². The highest BCUT2D eigenvalue weighted by molar-refractivity contribution is 6.31. The Kier molecular flexibility index (Phi) is 3.35. The summed E-state index contributed by atoms with van der Waals surface area (Å²) in [6.07, 6.45) is 2.31. The van der Waals surface area contributed by atoms with Crippen molar-refractivity contribution in [2.24, 2.45) is 7.05 Å². The summed E-state index contributed by atoms with van der Waals surface area (Å²) >= 11 is 6.23. The Balaban J connectivity index is 2.01. The molecule has 2 aromatic heterocycles. The molecule has 0 aromatic carbocycles. The van der Waals surface area contributed by atoms with Crippen molar-refractivity contribution >= 4 is 11.6 Å². The third kappa shape index (κ3) is 2.14. The normalized spacial score (nSPS) is 14.3. The Hall–Kier alpha value is -1.66. The van der Waals surface area contributed by atoms with Gasteiger partial charge in [0, 0.05) is 19.2 Å². The number of hydrogen-bond acceptors (Lipinski definition) is 4. The standard InChI is InChI=1S/C13H16ClN5O/c1-8-12(14)11(18(2)17-8)6-19-7-16-10-5-15-4-3-9(10)13(19)20/h7,15H,3-6H2,1-2H3. The summed E-state index contributed by atoms with van der Waals surface area (Å²) in [6.45, 7) is 3.73. The lowest BCUT2D eigenvalue weighted by Crippen LogP contribution is -2.34. The van der Waals surface area contributed by atoms with Gasteiger partial charge in [-0.15, -0.1) is 0 Å². The third-order valence-corrected chi connectivity index (χ3v) is 4.14. The number of aryl methyl sites for hydroxylation is 2. The van der Waals surface area contributed by atoms with Gasteiger partial charge in [0.25, 0.3) is 5.56 Å². The molecule has 7 heteroatoms. The second-order valence-electron chi connectivity index (χ2n) is 5.00. The molecule has 6 nitrogen and oxygen atoms in total. The summed E-state index contributed by atoms with van der Waals surface area (Å²) in [5.74, 6) is 0. The first-order valence-electron chi connectivity index (χ1n) is 6.54. The first-order chi connectivity index (χ1) is 9.58. The van der Waals surface area contributed by atoms with Crippen molar-refractivity contribution in [2.75, 3.05) is 6.54 Å². The zero-order valence-electron chi connectivity index (χ0n) is 11.5. The zero-order chi connectivity index (χ0) is 14.3. The topological polar surface area (TPSA) is 64.7 Å². The van der Waals surface area contributed by atoms with E-state index in [4.69, 9.17) is 11.6 Å². The van der Waals surface area contributed by atoms with Crippen molar-refractivity contribution in [3.63, 3.8) is 0 Å². The monoisotopic (exact) mass is 293 g/mol. The van der Waals surface area contributed by atoms with Crippen molar-refractivity contribution in [3.05, 3.63) is 44.3 Å². The van der Waals surface area contributed by atoms with E-state index < -0.39 is 0 Å². The lowest BCUT2D eigenvalue weighted by atomic mass is 10.1. The van der Waals surface area contributed by atoms with Crippen molar-refractivity contribution in [2.45, 2.75) is 26.4 Å². The van der Waals surface area contributed by atoms with Crippen molar-refractivity contribution in [1.29, 1.82) is 0 Å². The predicted molar refractivity (Wildman–Crippen MR) is 76.0 cm³/mol. The zero-order valence-corrected chi connectivity index (χ0v) is 12.2. The van der Waals surface area contributed by atoms with Crippen LogP contribution in [0.1, 0.15) is 22.6 Å². The number of hydrogen-bond donors (Lipinski definition) is 1. The molecule has 0 radical (unpaired) electrons. The number of halogens is 1. The van der Waals surface area contributed by atoms with Crippen molar-refractivity contribution in [3.8, 4) is 0 Å². The summed E-state index contributed by atoms with van der Waals surface area (Å²) in [6, 6.07) is 0. The number of aromatic nitrogens is 4. The molecule has 0 spiro atoms. The van der Waals surface area contributed by atoms with Gasteiger partial charge in [0.1, 0.15) is 0 Å². The summed E-state index contributed by atoms with van der Waals surface area (Å²) < 4.78 is 3.32. The van der Waals surface area contributed by atoms with Crippen molar-refractivity contribution < 1.29 is 0 Å². The molecule has 20 heavy (non-hydrogen) atoms. The minimum Gasteiger partial charge on any atom is -0.311 e. The maximum absolute atomic E-state index is 12.5. The van der Waals surface area contributed by atoms with Crippen LogP contribution in [0, 0.1) is 6.92 Å². The fourth-order valence-corrected chi connectivity index (χ4v) is 2.74. The van der Waals surface area contributed by atoms with E-state index in [0.717, 1.165) is 35.6 Å². The first-order valence-corrected chi connectivity index (χ1v) is 6.91. The molecule has 0 aliphatic carbocycles. The lowest BCUT2D eigenvalue weighted by molar-refractivity contribution is 0.585. The van der Waals surface area contributed by atoms with E-state index in [2.05, 4.69) is 15.4 Å². The van der Waals surface area contributed by atoms with Gasteiger partial charge in [0.2, 0.25) is 0 Å². The molecule has 3 heterocycles. The Morgan fingerprint density at radius 1 is 1.50 bits per heavy atom. The molecule has 1 N–H and O–H groups in total. The maximum atomic E-state index is 12.5. The van der Waals surface area contributed by atoms with Crippen LogP contribution in [0.2, 0.25) is 5.02 Å². The van der Waals surface area contributed by atoms with Gasteiger partial charge >= 0.3 is 0 Å². The molecule has 0 amide bonds. The smallest absolute Gasteiger partial charge is 0.257 e. The van der Waals surface area contributed by atoms with E-state index in [9.17, 15) is 4.79 Å². The maximum Gasteiger partial charge on any atom is 0.257 e. The second-order valence-corrected chi connectivity index (χ2v) is 5.38. The Bertz CT molecular complexity index is 718. The van der Waals surface area contributed by atoms with Crippen LogP contribution in [-0.4, -0.2) is 25.9 Å². The highest BCUT2D eigenvalue weighted by Crippen LogP contribution is 2.20. The van der Waals surface area contributed by atoms with Crippen LogP contribution < -0.4 is 10.9 Å². The van der Waals surface area contributed by atoms with E-state index in [1.807, 2.05) is 14.0 Å². The van der Waals surface area contributed by atoms with Gasteiger partial charge in [-0.3, -0.25) is 14.0 Å². The first kappa shape index (κ1) is 13.3. The van der Waals surface area contributed by atoms with E-state index in [1.165, 1.54) is 0 Å². The summed E-state index contributed by atoms with van der Waals surface area (Å²) in [5, 5.41) is 8.09. The molecule has 3 rings (SSSR count). The molecule has 0 atom stereocenters. The van der Waals surface area contributed by atoms with Crippen LogP contribution in [0.4, 0.5) is 0 Å². The SMILES string of the molecule is Cc1nn(C)c(Cn2cnc3c(c2=O)CCNC3)c1Cl. The largest absolute Gasteiger partial charge is 0.311 e. The molecule has 106 valence electrons. The van der Waals surface area contributed by atoms with Gasteiger partial charge in [0.15, 0.2) is 0 Å². The molecule has 1 aliphatic heterocycles. The van der Waals surface area contributed by atoms with Crippen LogP contribution in [0.25, 0.3) is 0 Å². The fourth-order valence-electron chi connectivity index (χ4n) is 2.52. The average Bonchev–Trinajstić information content (AvgIpc) is 2.68. The van der Waals surface area contributed by atoms with Gasteiger partial charge in [0.05, 0.1) is 35.0 Å². The summed E-state index contributed by atoms with van der Waals surface area (Å²) in [7, 11) is 1.83. The predicted octanol–water partition coefficient (Wildman–Crippen LogP) is 0.633. The van der Waals surface area contributed by atoms with Gasteiger partial charge in [-0.1, -0.05) is 11.6 Å². The molecule has 1 aliphatic rings. The van der Waals surface area contributed by atoms with E-state index in [0.29, 0.717) is 18.1 Å². The van der Waals surface area contributed by atoms with Crippen molar-refractivity contribution in [1.82, 2.24) is 24.6 Å². The Morgan fingerprint density at radius 3 is 3.00 bits per heavy atom. The number of fused-ring (bicyclic) bond motifs is 1. The lowest BCUT2D eigenvalue weighted by Gasteiger charge is -2.17. The Labute approximate surface area is 121 Å². The molecule has 2 aromatic rings. The molecule has 0 saturated heterocycles. The van der Waals surface area contributed by atoms with E-state index in [-0.39, 0.29) is 5.56 Å². The highest BCUT2D eigenvalue weighted by atomic mass is 35.5. The molecular formula is C13H16ClN5O. The van der Waals surface area contributed by atoms with Gasteiger partial charge in [-0.05, 0) is 19.9 Å². The van der Waals surface area contributed by atoms with Crippen LogP contribution in [0.5, 0.6) is 0 Å². The number of rotatable bonds is 2. The Morgan fingerprint density at radius 2 is 2.30 bits per heavy atom. The minimum atomic E-state index is 0.0198. The van der Waals surface area contributed by atoms with Crippen LogP contribution >= 0.6 is 11.6 Å². The molecule has 0 unspecified atom stereocenters. The molecular weight excluding hydrogens is 278 g/mol. The van der Waals surface area contributed by atoms with Gasteiger partial charge in [-0.25, -0.2) is 4.98 Å². The third-order valence-electron chi connectivity index (χ3n) is 3.65. The average molecular weight is 294 g/mol. The minimum absolute atomic E-state index is 0.0198. The fraction of sp³-hybridized carbons (Fsp3) is 0.462. The van der Waals surface area contributed by atoms with Crippen LogP contribution in [-0.2, 0) is 26.6 Å². The molecule has 0 bridgehead atoms. The van der Waals surface area contributed by atoms with Gasteiger partial charge < -0.3 is 5.32 Å². The molecule has 0 fully saturated rings. The highest BCUT2D eigenvalue weighted by Gasteiger charge is 2.17. The summed E-state index contributed by atoms with van der Waals surface area (Å²) in [5.41, 5.74) is 3.27. The quantitative estimate of drug-likeness (QED) is 0.882. The number of nitrogens with one attached hydrogen (secondary N) is 1. The number of nitrogens with zero attached hydrogens (tertiary/aromatic N) is 4.